The van der Waals surface area contributed by atoms with E-state index in [1.54, 1.807) is 20.8 Å². The van der Waals surface area contributed by atoms with E-state index in [9.17, 15) is 4.79 Å². The van der Waals surface area contributed by atoms with Crippen LogP contribution in [0.15, 0.2) is 35.9 Å². The smallest absolute Gasteiger partial charge is 0.340 e. The van der Waals surface area contributed by atoms with E-state index in [1.165, 1.54) is 0 Å². The molecule has 0 amide bonds. The van der Waals surface area contributed by atoms with Crippen molar-refractivity contribution in [3.63, 3.8) is 0 Å². The predicted molar refractivity (Wildman–Crippen MR) is 60.3 cm³/mol. The fraction of sp³-hybridized carbons (Fsp3) is 0.308. The maximum atomic E-state index is 11.6. The molecule has 0 saturated heterocycles. The molecule has 0 aliphatic carbocycles. The lowest BCUT2D eigenvalue weighted by Crippen LogP contribution is -2.35. The largest absolute Gasteiger partial charge is 0.452 e. The third-order valence-corrected chi connectivity index (χ3v) is 2.37. The Morgan fingerprint density at radius 3 is 2.31 bits per heavy atom. The van der Waals surface area contributed by atoms with Crippen LogP contribution in [0.3, 0.4) is 0 Å². The number of carbonyl (C=O) groups excluding carboxylic acids is 1. The van der Waals surface area contributed by atoms with Gasteiger partial charge in [-0.15, -0.1) is 0 Å². The lowest BCUT2D eigenvalue weighted by Gasteiger charge is -2.32. The highest BCUT2D eigenvalue weighted by atomic mass is 16.7. The van der Waals surface area contributed by atoms with Crippen molar-refractivity contribution >= 4 is 11.7 Å². The topological polar surface area (TPSA) is 35.5 Å². The molecule has 0 unspecified atom stereocenters. The third-order valence-electron chi connectivity index (χ3n) is 2.37. The second-order valence-electron chi connectivity index (χ2n) is 4.21. The van der Waals surface area contributed by atoms with Gasteiger partial charge in [-0.25, -0.2) is 4.79 Å². The standard InChI is InChI=1S/C13H14O3/c1-9-11(10-7-5-4-6-8-10)15-13(2,3)16-12(9)14/h4-8H,1-3H3. The number of cyclic esters (lactones) is 1. The summed E-state index contributed by atoms with van der Waals surface area (Å²) in [7, 11) is 0. The Labute approximate surface area is 94.7 Å². The highest BCUT2D eigenvalue weighted by molar-refractivity contribution is 5.96. The monoisotopic (exact) mass is 218 g/mol. The van der Waals surface area contributed by atoms with E-state index in [1.807, 2.05) is 30.3 Å². The van der Waals surface area contributed by atoms with E-state index in [-0.39, 0.29) is 5.97 Å². The minimum Gasteiger partial charge on any atom is -0.452 e. The first-order valence-corrected chi connectivity index (χ1v) is 5.18. The Hall–Kier alpha value is -1.77. The Balaban J connectivity index is 2.47. The molecule has 1 aliphatic heterocycles. The molecule has 3 nitrogen and oxygen atoms in total. The summed E-state index contributed by atoms with van der Waals surface area (Å²) in [5, 5.41) is 0. The lowest BCUT2D eigenvalue weighted by molar-refractivity contribution is -0.195. The van der Waals surface area contributed by atoms with Gasteiger partial charge in [0.2, 0.25) is 5.79 Å². The van der Waals surface area contributed by atoms with Gasteiger partial charge in [0, 0.05) is 19.4 Å². The number of esters is 1. The predicted octanol–water partition coefficient (Wildman–Crippen LogP) is 2.73. The molecule has 1 aromatic carbocycles. The van der Waals surface area contributed by atoms with Crippen molar-refractivity contribution < 1.29 is 14.3 Å². The van der Waals surface area contributed by atoms with Crippen LogP contribution in [0.25, 0.3) is 5.76 Å². The van der Waals surface area contributed by atoms with Crippen molar-refractivity contribution in [1.29, 1.82) is 0 Å². The average Bonchev–Trinajstić information content (AvgIpc) is 2.24. The van der Waals surface area contributed by atoms with Gasteiger partial charge in [-0.3, -0.25) is 0 Å². The number of carbonyl (C=O) groups is 1. The van der Waals surface area contributed by atoms with Crippen LogP contribution >= 0.6 is 0 Å². The van der Waals surface area contributed by atoms with Crippen LogP contribution in [0, 0.1) is 0 Å². The molecule has 2 rings (SSSR count). The molecule has 84 valence electrons. The van der Waals surface area contributed by atoms with Gasteiger partial charge in [0.25, 0.3) is 0 Å². The van der Waals surface area contributed by atoms with E-state index < -0.39 is 5.79 Å². The zero-order chi connectivity index (χ0) is 11.8. The quantitative estimate of drug-likeness (QED) is 0.680. The van der Waals surface area contributed by atoms with Crippen LogP contribution in [-0.2, 0) is 14.3 Å². The molecule has 1 heterocycles. The Kier molecular flexibility index (Phi) is 2.46. The first-order valence-electron chi connectivity index (χ1n) is 5.18. The van der Waals surface area contributed by atoms with Gasteiger partial charge in [-0.05, 0) is 6.92 Å². The summed E-state index contributed by atoms with van der Waals surface area (Å²) in [6.45, 7) is 5.15. The molecular formula is C13H14O3. The first kappa shape index (κ1) is 10.7. The van der Waals surface area contributed by atoms with Crippen LogP contribution in [0.1, 0.15) is 26.3 Å². The van der Waals surface area contributed by atoms with E-state index in [4.69, 9.17) is 9.47 Å². The molecule has 0 N–H and O–H groups in total. The second kappa shape index (κ2) is 3.67. The summed E-state index contributed by atoms with van der Waals surface area (Å²) >= 11 is 0. The first-order chi connectivity index (χ1) is 7.49. The minimum absolute atomic E-state index is 0.324. The highest BCUT2D eigenvalue weighted by Gasteiger charge is 2.34. The normalized spacial score (nSPS) is 19.1. The summed E-state index contributed by atoms with van der Waals surface area (Å²) in [4.78, 5) is 11.6. The van der Waals surface area contributed by atoms with Gasteiger partial charge < -0.3 is 9.47 Å². The maximum absolute atomic E-state index is 11.6. The van der Waals surface area contributed by atoms with Crippen LogP contribution in [0.4, 0.5) is 0 Å². The van der Waals surface area contributed by atoms with Crippen LogP contribution in [0.5, 0.6) is 0 Å². The number of hydrogen-bond donors (Lipinski definition) is 0. The maximum Gasteiger partial charge on any atom is 0.340 e. The van der Waals surface area contributed by atoms with Gasteiger partial charge in [-0.2, -0.15) is 0 Å². The Morgan fingerprint density at radius 1 is 1.06 bits per heavy atom. The molecular weight excluding hydrogens is 204 g/mol. The van der Waals surface area contributed by atoms with Crippen molar-refractivity contribution in [3.8, 4) is 0 Å². The second-order valence-corrected chi connectivity index (χ2v) is 4.21. The third kappa shape index (κ3) is 1.94. The number of hydrogen-bond acceptors (Lipinski definition) is 3. The molecule has 0 aromatic heterocycles. The van der Waals surface area contributed by atoms with Gasteiger partial charge in [0.1, 0.15) is 5.76 Å². The zero-order valence-corrected chi connectivity index (χ0v) is 9.61. The van der Waals surface area contributed by atoms with Crippen LogP contribution in [0.2, 0.25) is 0 Å². The number of rotatable bonds is 1. The van der Waals surface area contributed by atoms with Crippen LogP contribution < -0.4 is 0 Å². The zero-order valence-electron chi connectivity index (χ0n) is 9.61. The van der Waals surface area contributed by atoms with Crippen molar-refractivity contribution in [2.45, 2.75) is 26.6 Å². The fourth-order valence-electron chi connectivity index (χ4n) is 1.60. The minimum atomic E-state index is -0.901. The van der Waals surface area contributed by atoms with E-state index in [0.717, 1.165) is 5.56 Å². The molecule has 0 atom stereocenters. The molecule has 0 saturated carbocycles. The number of benzene rings is 1. The van der Waals surface area contributed by atoms with Gasteiger partial charge in [0.15, 0.2) is 0 Å². The van der Waals surface area contributed by atoms with Gasteiger partial charge >= 0.3 is 5.97 Å². The van der Waals surface area contributed by atoms with Crippen molar-refractivity contribution in [1.82, 2.24) is 0 Å². The van der Waals surface area contributed by atoms with Crippen molar-refractivity contribution in [2.75, 3.05) is 0 Å². The molecule has 16 heavy (non-hydrogen) atoms. The summed E-state index contributed by atoms with van der Waals surface area (Å²) in [6, 6.07) is 9.56. The van der Waals surface area contributed by atoms with Crippen molar-refractivity contribution in [3.05, 3.63) is 41.5 Å². The van der Waals surface area contributed by atoms with E-state index >= 15 is 0 Å². The molecule has 0 spiro atoms. The van der Waals surface area contributed by atoms with E-state index in [2.05, 4.69) is 0 Å². The van der Waals surface area contributed by atoms with Crippen LogP contribution in [-0.4, -0.2) is 11.8 Å². The average molecular weight is 218 g/mol. The highest BCUT2D eigenvalue weighted by Crippen LogP contribution is 2.32. The molecule has 1 aromatic rings. The summed E-state index contributed by atoms with van der Waals surface area (Å²) in [5.74, 6) is -0.626. The molecule has 3 heteroatoms. The summed E-state index contributed by atoms with van der Waals surface area (Å²) in [5.41, 5.74) is 1.40. The summed E-state index contributed by atoms with van der Waals surface area (Å²) < 4.78 is 10.8. The Bertz CT molecular complexity index is 444. The van der Waals surface area contributed by atoms with Gasteiger partial charge in [-0.1, -0.05) is 30.3 Å². The number of ether oxygens (including phenoxy) is 2. The fourth-order valence-corrected chi connectivity index (χ4v) is 1.60. The SMILES string of the molecule is CC1=C(c2ccccc2)OC(C)(C)OC1=O. The molecule has 0 bridgehead atoms. The van der Waals surface area contributed by atoms with E-state index in [0.29, 0.717) is 11.3 Å². The molecule has 1 aliphatic rings. The molecule has 0 radical (unpaired) electrons. The van der Waals surface area contributed by atoms with Crippen molar-refractivity contribution in [2.24, 2.45) is 0 Å². The lowest BCUT2D eigenvalue weighted by atomic mass is 10.1. The Morgan fingerprint density at radius 2 is 1.69 bits per heavy atom. The summed E-state index contributed by atoms with van der Waals surface area (Å²) in [6.07, 6.45) is 0. The molecule has 0 fully saturated rings. The van der Waals surface area contributed by atoms with Gasteiger partial charge in [0.05, 0.1) is 5.57 Å².